The molecule has 0 saturated carbocycles. The van der Waals surface area contributed by atoms with Crippen molar-refractivity contribution in [3.8, 4) is 5.69 Å². The van der Waals surface area contributed by atoms with Crippen LogP contribution in [0.1, 0.15) is 17.0 Å². The number of halogens is 3. The van der Waals surface area contributed by atoms with Crippen molar-refractivity contribution in [2.24, 2.45) is 0 Å². The number of hydrogen-bond acceptors (Lipinski definition) is 1. The molecule has 0 aliphatic carbocycles. The zero-order chi connectivity index (χ0) is 12.6. The van der Waals surface area contributed by atoms with Crippen molar-refractivity contribution in [1.82, 2.24) is 9.55 Å². The molecule has 0 aliphatic rings. The highest BCUT2D eigenvalue weighted by Gasteiger charge is 2.15. The molecule has 0 atom stereocenters. The zero-order valence-corrected chi connectivity index (χ0v) is 11.1. The first-order valence-electron chi connectivity index (χ1n) is 5.09. The van der Waals surface area contributed by atoms with Crippen LogP contribution in [0.25, 0.3) is 5.69 Å². The van der Waals surface area contributed by atoms with Gasteiger partial charge >= 0.3 is 0 Å². The predicted octanol–water partition coefficient (Wildman–Crippen LogP) is 3.66. The number of aromatic nitrogens is 2. The highest BCUT2D eigenvalue weighted by molar-refractivity contribution is 9.08. The van der Waals surface area contributed by atoms with Gasteiger partial charge in [0.2, 0.25) is 0 Å². The van der Waals surface area contributed by atoms with Crippen LogP contribution in [0.4, 0.5) is 8.78 Å². The van der Waals surface area contributed by atoms with Crippen LogP contribution in [0.15, 0.2) is 18.5 Å². The smallest absolute Gasteiger partial charge is 0.150 e. The second-order valence-corrected chi connectivity index (χ2v) is 4.39. The zero-order valence-electron chi connectivity index (χ0n) is 9.47. The summed E-state index contributed by atoms with van der Waals surface area (Å²) >= 11 is 3.17. The molecule has 0 fully saturated rings. The fourth-order valence-corrected chi connectivity index (χ4v) is 1.97. The standard InChI is InChI=1S/C12H11BrF2N2/c1-7-8(2)17(6-16-7)12-10(14)3-9(5-13)4-11(12)15/h3-4,6H,5H2,1-2H3. The lowest BCUT2D eigenvalue weighted by Crippen LogP contribution is -2.03. The Morgan fingerprint density at radius 1 is 1.24 bits per heavy atom. The van der Waals surface area contributed by atoms with Crippen LogP contribution in [-0.4, -0.2) is 9.55 Å². The second-order valence-electron chi connectivity index (χ2n) is 3.83. The summed E-state index contributed by atoms with van der Waals surface area (Å²) < 4.78 is 29.2. The Kier molecular flexibility index (Phi) is 3.28. The number of alkyl halides is 1. The van der Waals surface area contributed by atoms with Gasteiger partial charge in [0.1, 0.15) is 5.69 Å². The van der Waals surface area contributed by atoms with E-state index in [0.717, 1.165) is 11.4 Å². The van der Waals surface area contributed by atoms with Gasteiger partial charge in [0.05, 0.1) is 12.0 Å². The van der Waals surface area contributed by atoms with Crippen LogP contribution in [0.2, 0.25) is 0 Å². The average molecular weight is 301 g/mol. The lowest BCUT2D eigenvalue weighted by atomic mass is 10.2. The molecule has 0 saturated heterocycles. The van der Waals surface area contributed by atoms with E-state index in [4.69, 9.17) is 0 Å². The summed E-state index contributed by atoms with van der Waals surface area (Å²) in [4.78, 5) is 4.04. The Bertz CT molecular complexity index is 541. The van der Waals surface area contributed by atoms with E-state index in [2.05, 4.69) is 20.9 Å². The van der Waals surface area contributed by atoms with Crippen molar-refractivity contribution >= 4 is 15.9 Å². The molecule has 2 nitrogen and oxygen atoms in total. The second kappa shape index (κ2) is 4.56. The molecule has 1 aromatic heterocycles. The molecule has 0 bridgehead atoms. The van der Waals surface area contributed by atoms with Crippen molar-refractivity contribution in [2.45, 2.75) is 19.2 Å². The molecular formula is C12H11BrF2N2. The SMILES string of the molecule is Cc1ncn(-c2c(F)cc(CBr)cc2F)c1C. The normalized spacial score (nSPS) is 10.9. The van der Waals surface area contributed by atoms with Crippen molar-refractivity contribution in [2.75, 3.05) is 0 Å². The van der Waals surface area contributed by atoms with Crippen LogP contribution >= 0.6 is 15.9 Å². The molecule has 0 amide bonds. The van der Waals surface area contributed by atoms with Gasteiger partial charge in [-0.1, -0.05) is 15.9 Å². The maximum Gasteiger partial charge on any atom is 0.150 e. The average Bonchev–Trinajstić information content (AvgIpc) is 2.60. The summed E-state index contributed by atoms with van der Waals surface area (Å²) in [6.07, 6.45) is 1.43. The maximum absolute atomic E-state index is 13.9. The summed E-state index contributed by atoms with van der Waals surface area (Å²) in [6, 6.07) is 2.64. The molecule has 1 aromatic carbocycles. The first-order valence-corrected chi connectivity index (χ1v) is 6.21. The minimum Gasteiger partial charge on any atom is -0.298 e. The summed E-state index contributed by atoms with van der Waals surface area (Å²) in [5.74, 6) is -1.17. The van der Waals surface area contributed by atoms with Gasteiger partial charge in [-0.15, -0.1) is 0 Å². The van der Waals surface area contributed by atoms with Gasteiger partial charge in [-0.3, -0.25) is 4.57 Å². The van der Waals surface area contributed by atoms with Gasteiger partial charge < -0.3 is 0 Å². The van der Waals surface area contributed by atoms with Gasteiger partial charge in [0.25, 0.3) is 0 Å². The Labute approximate surface area is 106 Å². The van der Waals surface area contributed by atoms with Gasteiger partial charge in [0, 0.05) is 11.0 Å². The maximum atomic E-state index is 13.9. The van der Waals surface area contributed by atoms with Gasteiger partial charge in [-0.2, -0.15) is 0 Å². The van der Waals surface area contributed by atoms with Crippen molar-refractivity contribution in [1.29, 1.82) is 0 Å². The molecule has 17 heavy (non-hydrogen) atoms. The molecular weight excluding hydrogens is 290 g/mol. The fraction of sp³-hybridized carbons (Fsp3) is 0.250. The predicted molar refractivity (Wildman–Crippen MR) is 65.6 cm³/mol. The van der Waals surface area contributed by atoms with E-state index in [1.807, 2.05) is 0 Å². The molecule has 90 valence electrons. The monoisotopic (exact) mass is 300 g/mol. The molecule has 2 rings (SSSR count). The van der Waals surface area contributed by atoms with E-state index >= 15 is 0 Å². The molecule has 1 heterocycles. The van der Waals surface area contributed by atoms with E-state index in [-0.39, 0.29) is 5.69 Å². The number of hydrogen-bond donors (Lipinski definition) is 0. The minimum atomic E-state index is -0.583. The highest BCUT2D eigenvalue weighted by atomic mass is 79.9. The van der Waals surface area contributed by atoms with Crippen molar-refractivity contribution in [3.63, 3.8) is 0 Å². The van der Waals surface area contributed by atoms with Crippen LogP contribution in [0.5, 0.6) is 0 Å². The van der Waals surface area contributed by atoms with E-state index < -0.39 is 11.6 Å². The third kappa shape index (κ3) is 2.11. The van der Waals surface area contributed by atoms with Crippen LogP contribution < -0.4 is 0 Å². The lowest BCUT2D eigenvalue weighted by molar-refractivity contribution is 0.565. The van der Waals surface area contributed by atoms with E-state index in [9.17, 15) is 8.78 Å². The van der Waals surface area contributed by atoms with Crippen LogP contribution in [0, 0.1) is 25.5 Å². The fourth-order valence-electron chi connectivity index (χ4n) is 1.65. The summed E-state index contributed by atoms with van der Waals surface area (Å²) in [5, 5.41) is 0.420. The summed E-state index contributed by atoms with van der Waals surface area (Å²) in [5.41, 5.74) is 1.98. The third-order valence-electron chi connectivity index (χ3n) is 2.72. The molecule has 0 N–H and O–H groups in total. The summed E-state index contributed by atoms with van der Waals surface area (Å²) in [6.45, 7) is 3.58. The van der Waals surface area contributed by atoms with Crippen LogP contribution in [-0.2, 0) is 5.33 Å². The lowest BCUT2D eigenvalue weighted by Gasteiger charge is -2.09. The molecule has 2 aromatic rings. The Balaban J connectivity index is 2.64. The van der Waals surface area contributed by atoms with E-state index in [0.29, 0.717) is 10.9 Å². The molecule has 0 aliphatic heterocycles. The highest BCUT2D eigenvalue weighted by Crippen LogP contribution is 2.23. The summed E-state index contributed by atoms with van der Waals surface area (Å²) in [7, 11) is 0. The largest absolute Gasteiger partial charge is 0.298 e. The van der Waals surface area contributed by atoms with Gasteiger partial charge in [-0.25, -0.2) is 13.8 Å². The van der Waals surface area contributed by atoms with Crippen molar-refractivity contribution in [3.05, 3.63) is 47.0 Å². The molecule has 0 spiro atoms. The van der Waals surface area contributed by atoms with Crippen molar-refractivity contribution < 1.29 is 8.78 Å². The molecule has 0 unspecified atom stereocenters. The Morgan fingerprint density at radius 2 is 1.82 bits per heavy atom. The first-order chi connectivity index (χ1) is 8.04. The molecule has 0 radical (unpaired) electrons. The number of benzene rings is 1. The van der Waals surface area contributed by atoms with Crippen LogP contribution in [0.3, 0.4) is 0 Å². The Morgan fingerprint density at radius 3 is 2.24 bits per heavy atom. The first kappa shape index (κ1) is 12.2. The number of nitrogens with zero attached hydrogens (tertiary/aromatic N) is 2. The number of aryl methyl sites for hydroxylation is 1. The van der Waals surface area contributed by atoms with Gasteiger partial charge in [0.15, 0.2) is 11.6 Å². The topological polar surface area (TPSA) is 17.8 Å². The van der Waals surface area contributed by atoms with E-state index in [1.165, 1.54) is 23.0 Å². The Hall–Kier alpha value is -1.23. The van der Waals surface area contributed by atoms with E-state index in [1.54, 1.807) is 13.8 Å². The third-order valence-corrected chi connectivity index (χ3v) is 3.37. The molecule has 5 heteroatoms. The number of imidazole rings is 1. The quantitative estimate of drug-likeness (QED) is 0.774. The minimum absolute atomic E-state index is 0.0761. The number of rotatable bonds is 2. The van der Waals surface area contributed by atoms with Gasteiger partial charge in [-0.05, 0) is 31.5 Å².